The molecule has 0 fully saturated rings. The summed E-state index contributed by atoms with van der Waals surface area (Å²) in [5.41, 5.74) is 106. The first-order chi connectivity index (χ1) is 65.9. The summed E-state index contributed by atoms with van der Waals surface area (Å²) in [6.07, 6.45) is 2.98. The monoisotopic (exact) mass is 2280 g/mol. The summed E-state index contributed by atoms with van der Waals surface area (Å²) < 4.78 is 105. The Morgan fingerprint density at radius 1 is 0.329 bits per heavy atom. The Kier molecular flexibility index (Phi) is 144. The second kappa shape index (κ2) is 124. The van der Waals surface area contributed by atoms with Crippen LogP contribution in [0, 0.1) is 6.92 Å². The summed E-state index contributed by atoms with van der Waals surface area (Å²) in [6, 6.07) is 30.3. The van der Waals surface area contributed by atoms with Crippen molar-refractivity contribution in [2.75, 3.05) is 149 Å². The lowest BCUT2D eigenvalue weighted by Gasteiger charge is -2.28. The zero-order valence-electron chi connectivity index (χ0n) is 93.6. The van der Waals surface area contributed by atoms with Crippen molar-refractivity contribution in [2.45, 2.75) is 267 Å². The third-order valence-corrected chi connectivity index (χ3v) is 27.5. The Balaban J connectivity index is -0.000000128. The fourth-order valence-electron chi connectivity index (χ4n) is 7.46. The third kappa shape index (κ3) is 161. The molecule has 4 aromatic rings. The maximum absolute atomic E-state index is 6.05. The number of rotatable bonds is 55. The number of hydrogen-bond acceptors (Lipinski definition) is 39. The third-order valence-electron chi connectivity index (χ3n) is 15.1. The molecule has 39 nitrogen and oxygen atoms in total. The molecule has 0 aliphatic carbocycles. The van der Waals surface area contributed by atoms with Gasteiger partial charge in [0.2, 0.25) is 0 Å². The smallest absolute Gasteiger partial charge is 0.525 e. The number of nitrogen functional groups attached to an aromatic ring is 3. The predicted octanol–water partition coefficient (Wildman–Crippen LogP) is -5.90. The van der Waals surface area contributed by atoms with E-state index in [1.807, 2.05) is 152 Å². The molecule has 0 aliphatic heterocycles. The van der Waals surface area contributed by atoms with Gasteiger partial charge in [-0.05, 0) is 195 Å². The normalized spacial score (nSPS) is 13.8. The molecule has 0 bridgehead atoms. The summed E-state index contributed by atoms with van der Waals surface area (Å²) in [4.78, 5) is 0. The van der Waals surface area contributed by atoms with Gasteiger partial charge >= 0.3 is 28.8 Å². The maximum atomic E-state index is 6.05. The lowest BCUT2D eigenvalue weighted by atomic mass is 10.1. The average Bonchev–Trinajstić information content (AvgIpc) is 0.837. The fourth-order valence-corrected chi connectivity index (χ4v) is 18.0. The molecule has 0 aliphatic rings. The molecular weight excluding hydrogens is 2060 g/mol. The standard InChI is InChI=1S/C17H24N2O3Si.C9H16N2O2Si.C8H14N2O2Si.4C5H15NOSi.5C4H13NOSi.3C3H11NOSi.C2H9NOSi/c1-13-4-8-16(9-5-13)21-23(3,20-12-14(2)18)22-17-10-6-15(19)7-11-17;1-7(6-10)12-14-13-9-4-2-8(11)3-5-9;9-5-6-11-13-12-8-3-1-7(10)2-4-8;2*1-5(2,6)4-7-8-3;2*1-3-5(6)4-7-8-2;2*1-4(5)3-6-7-2;2*1-4(3-5)6-7-2;1-4(2,5)3-6-7;2*1-6-5-3-2-4;1-3(2-4)5-6;3-1-2-4-5/h4-11,14H,12,18-19H2,1-3H3;2-5,7H,6,10-11,14H2,1H3;1-4H,5-6,9-10,13H2;2*4,6,8H2,1-3H3;2*5H,3-4,6,8H2,1-2H3;4*4H,3,5,7H2,1-2H3;3,5H2,1-2,7H3;2*2-4,6H2,1H3;3H,2,4H2,1,6H3;1-3H2,5H3. The van der Waals surface area contributed by atoms with Crippen molar-refractivity contribution in [1.29, 1.82) is 0 Å². The summed E-state index contributed by atoms with van der Waals surface area (Å²) in [6.45, 7) is 67.8. The van der Waals surface area contributed by atoms with Gasteiger partial charge in [0.25, 0.3) is 0 Å². The Bertz CT molecular complexity index is 2840. The van der Waals surface area contributed by atoms with Crippen LogP contribution in [0.5, 0.6) is 23.0 Å². The van der Waals surface area contributed by atoms with E-state index in [4.69, 9.17) is 197 Å². The topological polar surface area (TPSA) is 679 Å². The van der Waals surface area contributed by atoms with Gasteiger partial charge in [0.05, 0.1) is 50.8 Å². The summed E-state index contributed by atoms with van der Waals surface area (Å²) in [5, 5.41) is 0. The molecule has 38 N–H and O–H groups in total. The highest BCUT2D eigenvalue weighted by Crippen LogP contribution is 2.23. The molecular formula is C85H221N19O20Si16. The Hall–Kier alpha value is -2.33. The van der Waals surface area contributed by atoms with Crippen LogP contribution in [-0.2, 0) is 70.8 Å². The zero-order chi connectivity index (χ0) is 110. The molecule has 0 aromatic heterocycles. The van der Waals surface area contributed by atoms with E-state index in [0.29, 0.717) is 103 Å². The second-order valence-electron chi connectivity index (χ2n) is 32.9. The van der Waals surface area contributed by atoms with Crippen LogP contribution in [0.2, 0.25) is 72.0 Å². The van der Waals surface area contributed by atoms with Crippen LogP contribution in [0.3, 0.4) is 0 Å². The van der Waals surface area contributed by atoms with Crippen molar-refractivity contribution < 1.29 is 88.5 Å². The number of nitrogens with two attached hydrogens (primary N) is 19. The molecule has 0 heterocycles. The van der Waals surface area contributed by atoms with Crippen LogP contribution in [0.25, 0.3) is 0 Å². The van der Waals surface area contributed by atoms with Gasteiger partial charge in [0.15, 0.2) is 97.6 Å². The minimum atomic E-state index is -2.95. The molecule has 10 atom stereocenters. The van der Waals surface area contributed by atoms with Gasteiger partial charge in [-0.15, -0.1) is 0 Å². The van der Waals surface area contributed by atoms with Gasteiger partial charge in [-0.1, -0.05) is 97.0 Å². The van der Waals surface area contributed by atoms with Crippen LogP contribution in [0.4, 0.5) is 17.1 Å². The largest absolute Gasteiger partial charge is 0.628 e. The molecule has 0 amide bonds. The van der Waals surface area contributed by atoms with Gasteiger partial charge in [0.1, 0.15) is 54.5 Å². The van der Waals surface area contributed by atoms with E-state index in [0.717, 1.165) is 119 Å². The van der Waals surface area contributed by atoms with Crippen molar-refractivity contribution >= 4 is 175 Å². The molecule has 140 heavy (non-hydrogen) atoms. The van der Waals surface area contributed by atoms with E-state index in [-0.39, 0.29) is 169 Å². The Morgan fingerprint density at radius 2 is 0.607 bits per heavy atom. The van der Waals surface area contributed by atoms with Crippen LogP contribution < -0.4 is 127 Å². The second-order valence-corrected chi connectivity index (χ2v) is 48.5. The minimum absolute atomic E-state index is 0.0791. The van der Waals surface area contributed by atoms with E-state index in [2.05, 4.69) is 79.3 Å². The van der Waals surface area contributed by atoms with Gasteiger partial charge in [-0.25, -0.2) is 0 Å². The quantitative estimate of drug-likeness (QED) is 0.0111. The molecule has 840 valence electrons. The maximum Gasteiger partial charge on any atom is 0.628 e. The number of hydrogen-bond donors (Lipinski definition) is 19. The van der Waals surface area contributed by atoms with E-state index in [9.17, 15) is 0 Å². The van der Waals surface area contributed by atoms with Crippen LogP contribution >= 0.6 is 0 Å². The molecule has 10 unspecified atom stereocenters. The van der Waals surface area contributed by atoms with Gasteiger partial charge in [0, 0.05) is 176 Å². The van der Waals surface area contributed by atoms with E-state index in [1.54, 1.807) is 48.5 Å². The first-order valence-electron chi connectivity index (χ1n) is 49.1. The fraction of sp³-hybridized carbons (Fsp3) is 0.718. The number of benzene rings is 4. The van der Waals surface area contributed by atoms with E-state index in [1.165, 1.54) is 0 Å². The average molecular weight is 2280 g/mol. The first kappa shape index (κ1) is 163. The lowest BCUT2D eigenvalue weighted by Crippen LogP contribution is -2.50. The number of anilines is 3. The first-order valence-corrected chi connectivity index (χ1v) is 76.0. The van der Waals surface area contributed by atoms with Crippen LogP contribution in [-0.4, -0.2) is 361 Å². The predicted molar refractivity (Wildman–Crippen MR) is 647 cm³/mol. The van der Waals surface area contributed by atoms with Crippen molar-refractivity contribution in [2.24, 2.45) is 91.7 Å². The molecule has 0 spiro atoms. The van der Waals surface area contributed by atoms with E-state index < -0.39 is 28.8 Å². The molecule has 0 saturated heterocycles. The Morgan fingerprint density at radius 3 is 0.807 bits per heavy atom. The van der Waals surface area contributed by atoms with Crippen LogP contribution in [0.15, 0.2) is 97.1 Å². The zero-order valence-corrected chi connectivity index (χ0v) is 118. The summed E-state index contributed by atoms with van der Waals surface area (Å²) in [5.74, 6) is 2.98. The van der Waals surface area contributed by atoms with Crippen molar-refractivity contribution in [1.82, 2.24) is 0 Å². The highest BCUT2D eigenvalue weighted by atomic mass is 28.4. The van der Waals surface area contributed by atoms with Crippen molar-refractivity contribution in [3.05, 3.63) is 103 Å². The molecule has 55 heteroatoms. The highest BCUT2D eigenvalue weighted by Gasteiger charge is 2.40. The number of aryl methyl sites for hydroxylation is 1. The molecule has 4 aromatic carbocycles. The van der Waals surface area contributed by atoms with Gasteiger partial charge in [-0.2, -0.15) is 0 Å². The van der Waals surface area contributed by atoms with Crippen molar-refractivity contribution in [3.8, 4) is 23.0 Å². The Labute approximate surface area is 890 Å². The SMILES string of the molecule is CC(C)(N)CO[SiH3].CC(CN)O[SiH2]Oc1ccc(N)cc1.CC(CN)O[SiH3].CCC(N)CO[SiH2]C.CCC(N)CO[SiH2]C.C[SiH2]OC(C)CN.C[SiH2]OC(C)CN.C[SiH2]OCC(C)(C)N.C[SiH2]OCC(C)(C)N.C[SiH2]OCC(C)N.C[SiH2]OCC(C)N.C[SiH2]OCCN.C[SiH2]OCCN.Cc1ccc(O[Si](C)(OCC(C)N)Oc2ccc(N)cc2)cc1.NCCO[SiH2]Oc1ccc(N)cc1.NCCO[SiH3]. The molecule has 0 saturated carbocycles. The minimum Gasteiger partial charge on any atom is -0.525 e. The lowest BCUT2D eigenvalue weighted by molar-refractivity contribution is 0.164. The van der Waals surface area contributed by atoms with Crippen LogP contribution in [0.1, 0.15) is 122 Å². The summed E-state index contributed by atoms with van der Waals surface area (Å²) >= 11 is 0. The van der Waals surface area contributed by atoms with Crippen molar-refractivity contribution in [3.63, 3.8) is 0 Å². The highest BCUT2D eigenvalue weighted by molar-refractivity contribution is 6.60. The molecule has 0 radical (unpaired) electrons. The van der Waals surface area contributed by atoms with E-state index >= 15 is 0 Å². The van der Waals surface area contributed by atoms with Gasteiger partial charge in [-0.3, -0.25) is 0 Å². The summed E-state index contributed by atoms with van der Waals surface area (Å²) in [7, 11) is -4.60. The molecule has 4 rings (SSSR count). The van der Waals surface area contributed by atoms with Gasteiger partial charge < -0.3 is 197 Å².